The molecule has 0 spiro atoms. The van der Waals surface area contributed by atoms with Crippen molar-refractivity contribution in [3.05, 3.63) is 16.1 Å². The van der Waals surface area contributed by atoms with Gasteiger partial charge in [0.05, 0.1) is 23.4 Å². The molecule has 0 bridgehead atoms. The summed E-state index contributed by atoms with van der Waals surface area (Å²) in [6.45, 7) is 11.2. The number of hydrogen-bond donors (Lipinski definition) is 0. The Morgan fingerprint density at radius 3 is 2.56 bits per heavy atom. The van der Waals surface area contributed by atoms with Gasteiger partial charge in [0, 0.05) is 51.2 Å². The van der Waals surface area contributed by atoms with E-state index in [2.05, 4.69) is 50.9 Å². The zero-order valence-electron chi connectivity index (χ0n) is 15.5. The molecule has 6 heteroatoms. The Labute approximate surface area is 156 Å². The van der Waals surface area contributed by atoms with Crippen LogP contribution in [0.3, 0.4) is 0 Å². The van der Waals surface area contributed by atoms with Gasteiger partial charge in [0.25, 0.3) is 0 Å². The molecule has 2 aliphatic rings. The number of aromatic nitrogens is 1. The van der Waals surface area contributed by atoms with Crippen molar-refractivity contribution < 1.29 is 4.74 Å². The molecular weight excluding hydrogens is 332 g/mol. The SMILES string of the molecule is Cc1nc(CN2CCC(OCC#CCN3CCN(C)CC3)CC2)cs1. The summed E-state index contributed by atoms with van der Waals surface area (Å²) in [5.41, 5.74) is 1.21. The van der Waals surface area contributed by atoms with E-state index in [0.717, 1.165) is 70.2 Å². The van der Waals surface area contributed by atoms with Gasteiger partial charge in [0.2, 0.25) is 0 Å². The van der Waals surface area contributed by atoms with Crippen molar-refractivity contribution in [1.29, 1.82) is 0 Å². The first-order valence-electron chi connectivity index (χ1n) is 9.30. The molecule has 2 aliphatic heterocycles. The van der Waals surface area contributed by atoms with Gasteiger partial charge in [-0.15, -0.1) is 11.3 Å². The summed E-state index contributed by atoms with van der Waals surface area (Å²) in [7, 11) is 2.18. The summed E-state index contributed by atoms with van der Waals surface area (Å²) in [5.74, 6) is 6.46. The second-order valence-electron chi connectivity index (χ2n) is 7.08. The first-order chi connectivity index (χ1) is 12.2. The maximum Gasteiger partial charge on any atom is 0.108 e. The molecule has 3 rings (SSSR count). The third-order valence-electron chi connectivity index (χ3n) is 5.00. The van der Waals surface area contributed by atoms with E-state index in [4.69, 9.17) is 4.74 Å². The molecule has 0 aliphatic carbocycles. The Bertz CT molecular complexity index is 578. The third kappa shape index (κ3) is 6.36. The fraction of sp³-hybridized carbons (Fsp3) is 0.737. The molecule has 0 atom stereocenters. The number of nitrogens with zero attached hydrogens (tertiary/aromatic N) is 4. The van der Waals surface area contributed by atoms with Gasteiger partial charge in [-0.1, -0.05) is 11.8 Å². The number of ether oxygens (including phenoxy) is 1. The standard InChI is InChI=1S/C19H30N4OS/c1-17-20-18(16-25-17)15-23-8-5-19(6-9-23)24-14-4-3-7-22-12-10-21(2)11-13-22/h16,19H,5-15H2,1-2H3. The fourth-order valence-electron chi connectivity index (χ4n) is 3.33. The van der Waals surface area contributed by atoms with Gasteiger partial charge in [-0.25, -0.2) is 4.98 Å². The first kappa shape index (κ1) is 18.8. The van der Waals surface area contributed by atoms with Crippen molar-refractivity contribution in [2.24, 2.45) is 0 Å². The molecule has 2 fully saturated rings. The second-order valence-corrected chi connectivity index (χ2v) is 8.14. The Hall–Kier alpha value is -0.970. The molecule has 3 heterocycles. The molecule has 0 unspecified atom stereocenters. The van der Waals surface area contributed by atoms with E-state index in [0.29, 0.717) is 12.7 Å². The van der Waals surface area contributed by atoms with Crippen molar-refractivity contribution in [2.75, 3.05) is 59.5 Å². The predicted octanol–water partition coefficient (Wildman–Crippen LogP) is 1.68. The van der Waals surface area contributed by atoms with Crippen LogP contribution < -0.4 is 0 Å². The Balaban J connectivity index is 1.27. The molecule has 1 aromatic heterocycles. The highest BCUT2D eigenvalue weighted by molar-refractivity contribution is 7.09. The Morgan fingerprint density at radius 1 is 1.12 bits per heavy atom. The average Bonchev–Trinajstić information content (AvgIpc) is 3.02. The highest BCUT2D eigenvalue weighted by atomic mass is 32.1. The molecule has 5 nitrogen and oxygen atoms in total. The minimum Gasteiger partial charge on any atom is -0.365 e. The number of thiazole rings is 1. The van der Waals surface area contributed by atoms with E-state index < -0.39 is 0 Å². The van der Waals surface area contributed by atoms with Crippen molar-refractivity contribution in [3.8, 4) is 11.8 Å². The summed E-state index contributed by atoms with van der Waals surface area (Å²) in [5, 5.41) is 3.33. The van der Waals surface area contributed by atoms with Crippen LogP contribution in [0.5, 0.6) is 0 Å². The zero-order chi connectivity index (χ0) is 17.5. The van der Waals surface area contributed by atoms with Gasteiger partial charge in [-0.3, -0.25) is 9.80 Å². The van der Waals surface area contributed by atoms with Gasteiger partial charge in [0.1, 0.15) is 6.61 Å². The molecule has 0 amide bonds. The third-order valence-corrected chi connectivity index (χ3v) is 5.82. The first-order valence-corrected chi connectivity index (χ1v) is 10.2. The largest absolute Gasteiger partial charge is 0.365 e. The number of likely N-dealkylation sites (N-methyl/N-ethyl adjacent to an activating group) is 1. The number of rotatable bonds is 5. The monoisotopic (exact) mass is 362 g/mol. The molecule has 1 aromatic rings. The number of piperazine rings is 1. The van der Waals surface area contributed by atoms with Crippen LogP contribution in [-0.2, 0) is 11.3 Å². The molecule has 0 saturated carbocycles. The van der Waals surface area contributed by atoms with Crippen molar-refractivity contribution >= 4 is 11.3 Å². The van der Waals surface area contributed by atoms with E-state index in [1.54, 1.807) is 11.3 Å². The van der Waals surface area contributed by atoms with Crippen LogP contribution in [-0.4, -0.2) is 85.3 Å². The topological polar surface area (TPSA) is 31.8 Å². The lowest BCUT2D eigenvalue weighted by Gasteiger charge is -2.31. The number of piperidine rings is 1. The van der Waals surface area contributed by atoms with E-state index in [-0.39, 0.29) is 0 Å². The van der Waals surface area contributed by atoms with Gasteiger partial charge >= 0.3 is 0 Å². The second kappa shape index (κ2) is 9.65. The van der Waals surface area contributed by atoms with Crippen molar-refractivity contribution in [2.45, 2.75) is 32.4 Å². The highest BCUT2D eigenvalue weighted by Gasteiger charge is 2.20. The van der Waals surface area contributed by atoms with Gasteiger partial charge in [0.15, 0.2) is 0 Å². The van der Waals surface area contributed by atoms with Crippen LogP contribution in [0.15, 0.2) is 5.38 Å². The van der Waals surface area contributed by atoms with E-state index in [1.165, 1.54) is 5.69 Å². The minimum absolute atomic E-state index is 0.367. The predicted molar refractivity (Wildman–Crippen MR) is 103 cm³/mol. The summed E-state index contributed by atoms with van der Waals surface area (Å²) >= 11 is 1.74. The van der Waals surface area contributed by atoms with E-state index in [1.807, 2.05) is 0 Å². The maximum atomic E-state index is 5.95. The Morgan fingerprint density at radius 2 is 1.88 bits per heavy atom. The van der Waals surface area contributed by atoms with Crippen molar-refractivity contribution in [3.63, 3.8) is 0 Å². The van der Waals surface area contributed by atoms with E-state index >= 15 is 0 Å². The van der Waals surface area contributed by atoms with Crippen LogP contribution in [0, 0.1) is 18.8 Å². The smallest absolute Gasteiger partial charge is 0.108 e. The van der Waals surface area contributed by atoms with Crippen LogP contribution in [0.1, 0.15) is 23.5 Å². The summed E-state index contributed by atoms with van der Waals surface area (Å²) in [4.78, 5) is 11.8. The minimum atomic E-state index is 0.367. The van der Waals surface area contributed by atoms with Crippen LogP contribution in [0.4, 0.5) is 0 Å². The molecule has 0 radical (unpaired) electrons. The van der Waals surface area contributed by atoms with Crippen LogP contribution in [0.25, 0.3) is 0 Å². The van der Waals surface area contributed by atoms with Crippen LogP contribution in [0.2, 0.25) is 0 Å². The maximum absolute atomic E-state index is 5.95. The normalized spacial score (nSPS) is 21.2. The van der Waals surface area contributed by atoms with Gasteiger partial charge in [-0.05, 0) is 26.8 Å². The molecule has 2 saturated heterocycles. The van der Waals surface area contributed by atoms with Gasteiger partial charge in [-0.2, -0.15) is 0 Å². The van der Waals surface area contributed by atoms with E-state index in [9.17, 15) is 0 Å². The molecule has 0 N–H and O–H groups in total. The lowest BCUT2D eigenvalue weighted by molar-refractivity contribution is 0.0223. The lowest BCUT2D eigenvalue weighted by atomic mass is 10.1. The quantitative estimate of drug-likeness (QED) is 0.744. The number of hydrogen-bond acceptors (Lipinski definition) is 6. The van der Waals surface area contributed by atoms with Crippen LogP contribution >= 0.6 is 11.3 Å². The average molecular weight is 363 g/mol. The molecule has 25 heavy (non-hydrogen) atoms. The van der Waals surface area contributed by atoms with Gasteiger partial charge < -0.3 is 9.64 Å². The summed E-state index contributed by atoms with van der Waals surface area (Å²) in [6.07, 6.45) is 2.57. The molecule has 138 valence electrons. The molecular formula is C19H30N4OS. The highest BCUT2D eigenvalue weighted by Crippen LogP contribution is 2.17. The molecule has 0 aromatic carbocycles. The van der Waals surface area contributed by atoms with Crippen molar-refractivity contribution in [1.82, 2.24) is 19.7 Å². The lowest BCUT2D eigenvalue weighted by Crippen LogP contribution is -2.44. The summed E-state index contributed by atoms with van der Waals surface area (Å²) < 4.78 is 5.95. The summed E-state index contributed by atoms with van der Waals surface area (Å²) in [6, 6.07) is 0. The zero-order valence-corrected chi connectivity index (χ0v) is 16.4. The number of likely N-dealkylation sites (tertiary alicyclic amines) is 1. The number of aryl methyl sites for hydroxylation is 1. The fourth-order valence-corrected chi connectivity index (χ4v) is 3.93. The Kier molecular flexibility index (Phi) is 7.26.